The second-order valence-electron chi connectivity index (χ2n) is 39.0. The molecule has 140 heavy (non-hydrogen) atoms. The lowest BCUT2D eigenvalue weighted by molar-refractivity contribution is -0.159. The Kier molecular flexibility index (Phi) is 37.9. The van der Waals surface area contributed by atoms with Crippen molar-refractivity contribution in [2.45, 2.75) is 271 Å². The quantitative estimate of drug-likeness (QED) is 0.0281. The van der Waals surface area contributed by atoms with Crippen molar-refractivity contribution in [1.82, 2.24) is 29.7 Å². The van der Waals surface area contributed by atoms with Gasteiger partial charge in [0.15, 0.2) is 11.6 Å². The normalized spacial score (nSPS) is 22.6. The zero-order valence-electron chi connectivity index (χ0n) is 81.7. The number of H-pyrrole nitrogens is 1. The molecule has 2 aromatic heterocycles. The summed E-state index contributed by atoms with van der Waals surface area (Å²) in [6.07, 6.45) is -3.70. The predicted octanol–water partition coefficient (Wildman–Crippen LogP) is 19.9. The zero-order chi connectivity index (χ0) is 101. The van der Waals surface area contributed by atoms with E-state index in [1.54, 1.807) is 83.1 Å². The van der Waals surface area contributed by atoms with Crippen LogP contribution in [0.15, 0.2) is 215 Å². The van der Waals surface area contributed by atoms with Crippen LogP contribution < -0.4 is 26.2 Å². The number of para-hydroxylation sites is 4. The van der Waals surface area contributed by atoms with Gasteiger partial charge < -0.3 is 53.0 Å². The molecule has 2 aliphatic carbocycles. The molecule has 27 nitrogen and oxygen atoms in total. The first-order valence-electron chi connectivity index (χ1n) is 48.3. The summed E-state index contributed by atoms with van der Waals surface area (Å²) in [5.41, 5.74) is 1.01. The summed E-state index contributed by atoms with van der Waals surface area (Å²) in [5, 5.41) is 20.6. The van der Waals surface area contributed by atoms with Gasteiger partial charge in [0.1, 0.15) is 28.7 Å². The van der Waals surface area contributed by atoms with Crippen LogP contribution in [0.1, 0.15) is 212 Å². The molecule has 2 saturated carbocycles. The topological polar surface area (TPSA) is 358 Å². The number of aliphatic hydroxyl groups is 1. The number of fused-ring (bicyclic) bond motifs is 6. The molecule has 6 aliphatic rings. The Balaban J connectivity index is 0.000000185. The summed E-state index contributed by atoms with van der Waals surface area (Å²) in [7, 11) is -0.446. The van der Waals surface area contributed by atoms with Crippen LogP contribution in [0, 0.1) is 34.5 Å². The van der Waals surface area contributed by atoms with Gasteiger partial charge in [0, 0.05) is 80.9 Å². The predicted molar refractivity (Wildman–Crippen MR) is 523 cm³/mol. The number of benzene rings is 7. The highest BCUT2D eigenvalue weighted by Crippen LogP contribution is 2.62. The molecule has 15 rings (SSSR count). The van der Waals surface area contributed by atoms with Gasteiger partial charge in [0.05, 0.1) is 95.9 Å². The number of aromatic nitrogens is 4. The molecule has 10 atom stereocenters. The van der Waals surface area contributed by atoms with Crippen molar-refractivity contribution >= 4 is 105 Å². The summed E-state index contributed by atoms with van der Waals surface area (Å²) in [5.74, 6) is -13.0. The second-order valence-corrected chi connectivity index (χ2v) is 41.2. The Bertz CT molecular complexity index is 5700. The minimum atomic E-state index is -3.02. The number of ketones is 2. The van der Waals surface area contributed by atoms with Gasteiger partial charge in [-0.3, -0.25) is 43.2 Å². The largest absolute Gasteiger partial charge is 0.471 e. The lowest BCUT2D eigenvalue weighted by Gasteiger charge is -2.29. The number of nitrogens with zero attached hydrogens (tertiary/aromatic N) is 7. The Labute approximate surface area is 815 Å². The Morgan fingerprint density at radius 1 is 0.479 bits per heavy atom. The lowest BCUT2D eigenvalue weighted by atomic mass is 9.90. The minimum absolute atomic E-state index is 0.00344. The van der Waals surface area contributed by atoms with Crippen LogP contribution in [0.3, 0.4) is 0 Å². The van der Waals surface area contributed by atoms with E-state index < -0.39 is 162 Å². The maximum Gasteiger partial charge on any atom is 0.452 e. The Morgan fingerprint density at radius 3 is 1.28 bits per heavy atom. The van der Waals surface area contributed by atoms with Gasteiger partial charge in [-0.25, -0.2) is 42.1 Å². The molecule has 748 valence electrons. The summed E-state index contributed by atoms with van der Waals surface area (Å²) >= 11 is 0. The molecule has 32 heteroatoms. The van der Waals surface area contributed by atoms with Gasteiger partial charge in [0.2, 0.25) is 29.5 Å². The number of nitrogens with one attached hydrogen (secondary N) is 1. The summed E-state index contributed by atoms with van der Waals surface area (Å²) in [6, 6.07) is 64.1. The number of aromatic amines is 1. The van der Waals surface area contributed by atoms with Crippen molar-refractivity contribution < 1.29 is 104 Å². The molecule has 6 fully saturated rings. The molecule has 4 amide bonds. The van der Waals surface area contributed by atoms with E-state index in [4.69, 9.17) is 33.7 Å². The van der Waals surface area contributed by atoms with Crippen LogP contribution >= 0.6 is 7.92 Å². The molecule has 0 radical (unpaired) electrons. The van der Waals surface area contributed by atoms with Crippen molar-refractivity contribution in [2.75, 3.05) is 26.3 Å². The SMILES string of the molecule is CC(C)OC(=O)N=NC(=O)OC(C)C.CCOC(=O)[C@]12CC(=O)[C@@H]3C[C@@H](Oc4nc5ccccc5nc4-c4ccccc4)CN3C(=O)[C@@H](CC(=O)OC(C)(C)C)CCCCCC(F)(F)C[C@@H]1C2.CCOC(=O)[C@]12CC(=O)[C@@H]3C[C@H](O)CN3C(=O)[C@@H](CC(=O)OC(C)(C)C)CCCCCC(F)(F)C[C@@H]1C2.O=c1[nH]c2ccccc2nc1-c1ccccc1.c1ccc(P(c2ccccc2)c2ccccc2)cc1. The van der Waals surface area contributed by atoms with Gasteiger partial charge in [-0.2, -0.15) is 0 Å². The number of amides is 4. The van der Waals surface area contributed by atoms with Gasteiger partial charge in [-0.05, 0) is 182 Å². The highest BCUT2D eigenvalue weighted by Gasteiger charge is 2.66. The van der Waals surface area contributed by atoms with E-state index in [-0.39, 0.29) is 140 Å². The van der Waals surface area contributed by atoms with Gasteiger partial charge in [0.25, 0.3) is 5.56 Å². The standard InChI is InChI=1S/C41H49F2N3O7.C27H41F2NO7.C18H15P.C14H10N2O.C8H14N2O4/c1-5-51-38(50)40-22-28(40)23-41(42,43)19-13-7-10-16-27(20-34(48)53-39(2,3)4)37(49)46-25-29(21-32(46)33(47)24-40)52-36-35(26-14-8-6-9-15-26)44-30-17-11-12-18-31(30)45-36;1-5-36-24(35)26-13-18(26)14-27(28,29)10-8-6-7-9-17(11-22(33)37-25(2,3)4)23(34)30-16-19(31)12-20(30)21(32)15-26;1-4-10-16(11-5-1)19(17-12-6-2-7-13-17)18-14-8-3-9-15-18;17-14-13(10-6-2-1-3-7-10)15-11-8-4-5-9-12(11)16-14;1-5(2)13-7(11)9-10-8(12)14-6(3)4/h6,8-9,11-12,14-15,17-18,27-29,32H,5,7,10,13,16,19-25H2,1-4H3;17-20,31H,5-16H2,1-4H3;1-15H;1-9H,(H,16,17);5-6H,1-4H3/t27-,28+,29-,32+,40-;17-,18+,19+,20+,26-;;;/m11.../s1. The van der Waals surface area contributed by atoms with E-state index in [1.807, 2.05) is 109 Å². The van der Waals surface area contributed by atoms with Crippen molar-refractivity contribution in [2.24, 2.45) is 44.7 Å². The van der Waals surface area contributed by atoms with E-state index in [1.165, 1.54) is 25.7 Å². The van der Waals surface area contributed by atoms with Crippen LogP contribution in [0.5, 0.6) is 5.88 Å². The zero-order valence-corrected chi connectivity index (χ0v) is 82.6. The Morgan fingerprint density at radius 2 is 0.857 bits per heavy atom. The number of carbonyl (C=O) groups is 10. The van der Waals surface area contributed by atoms with E-state index in [9.17, 15) is 66.6 Å². The fourth-order valence-corrected chi connectivity index (χ4v) is 20.5. The number of hydrogen-bond acceptors (Lipinski definition) is 22. The summed E-state index contributed by atoms with van der Waals surface area (Å²) < 4.78 is 97.3. The van der Waals surface area contributed by atoms with Crippen molar-refractivity contribution in [1.29, 1.82) is 0 Å². The molecule has 2 N–H and O–H groups in total. The number of alkyl halides is 4. The molecule has 0 unspecified atom stereocenters. The van der Waals surface area contributed by atoms with E-state index in [0.29, 0.717) is 48.1 Å². The smallest absolute Gasteiger partial charge is 0.452 e. The molecule has 9 aromatic rings. The first kappa shape index (κ1) is 108. The highest BCUT2D eigenvalue weighted by atomic mass is 31.1. The molecule has 6 heterocycles. The first-order valence-corrected chi connectivity index (χ1v) is 49.6. The maximum absolute atomic E-state index is 15.3. The number of halogens is 4. The van der Waals surface area contributed by atoms with Crippen molar-refractivity contribution in [3.05, 3.63) is 211 Å². The van der Waals surface area contributed by atoms with Crippen LogP contribution in [-0.2, 0) is 66.8 Å². The number of azo groups is 1. The summed E-state index contributed by atoms with van der Waals surface area (Å²) in [6.45, 7) is 20.4. The van der Waals surface area contributed by atoms with Crippen LogP contribution in [0.25, 0.3) is 44.6 Å². The van der Waals surface area contributed by atoms with Crippen LogP contribution in [0.4, 0.5) is 27.2 Å². The highest BCUT2D eigenvalue weighted by molar-refractivity contribution is 7.79. The Hall–Kier alpha value is -12.4. The fourth-order valence-electron chi connectivity index (χ4n) is 18.2. The van der Waals surface area contributed by atoms with Crippen LogP contribution in [-0.4, -0.2) is 180 Å². The molecule has 0 spiro atoms. The molecule has 0 bridgehead atoms. The molecular formula is C108H129F4N8O19P. The molecule has 4 saturated heterocycles. The van der Waals surface area contributed by atoms with E-state index in [0.717, 1.165) is 22.2 Å². The van der Waals surface area contributed by atoms with Crippen molar-refractivity contribution in [3.8, 4) is 28.4 Å². The van der Waals surface area contributed by atoms with Gasteiger partial charge in [-0.1, -0.05) is 212 Å². The number of aliphatic hydroxyl groups excluding tert-OH is 1. The minimum Gasteiger partial charge on any atom is -0.471 e. The number of ether oxygens (including phenoxy) is 7. The molecular weight excluding hydrogens is 1820 g/mol. The first-order chi connectivity index (χ1) is 66.6. The van der Waals surface area contributed by atoms with E-state index >= 15 is 8.78 Å². The number of rotatable bonds is 17. The second kappa shape index (κ2) is 49.2. The van der Waals surface area contributed by atoms with Gasteiger partial charge in [-0.15, -0.1) is 0 Å². The summed E-state index contributed by atoms with van der Waals surface area (Å²) in [4.78, 5) is 161. The number of carbonyl (C=O) groups excluding carboxylic acids is 10. The average molecular weight is 1950 g/mol. The lowest BCUT2D eigenvalue weighted by Crippen LogP contribution is -2.45. The van der Waals surface area contributed by atoms with Crippen LogP contribution in [0.2, 0.25) is 0 Å². The van der Waals surface area contributed by atoms with E-state index in [2.05, 4.69) is 121 Å². The number of esters is 4. The number of Topliss-reactive ketones (excluding diaryl/α,β-unsaturated/α-hetero) is 2. The maximum atomic E-state index is 15.3. The van der Waals surface area contributed by atoms with Gasteiger partial charge >= 0.3 is 36.1 Å². The molecule has 7 aromatic carbocycles. The third-order valence-corrected chi connectivity index (χ3v) is 27.2. The fraction of sp³-hybridized carbons (Fsp3) is 0.481. The third-order valence-electron chi connectivity index (χ3n) is 24.7. The third kappa shape index (κ3) is 31.1. The molecule has 4 aliphatic heterocycles. The average Bonchev–Trinajstić information content (AvgIpc) is 1.57. The monoisotopic (exact) mass is 1950 g/mol. The van der Waals surface area contributed by atoms with Crippen molar-refractivity contribution in [3.63, 3.8) is 0 Å². The number of hydrogen-bond donors (Lipinski definition) is 2.